The zero-order valence-electron chi connectivity index (χ0n) is 9.03. The summed E-state index contributed by atoms with van der Waals surface area (Å²) in [6, 6.07) is 0. The lowest BCUT2D eigenvalue weighted by Crippen LogP contribution is -2.29. The van der Waals surface area contributed by atoms with Crippen LogP contribution in [0.3, 0.4) is 0 Å². The van der Waals surface area contributed by atoms with Gasteiger partial charge in [-0.2, -0.15) is 0 Å². The Morgan fingerprint density at radius 1 is 1.50 bits per heavy atom. The third kappa shape index (κ3) is 7.56. The fourth-order valence-electron chi connectivity index (χ4n) is 0.934. The molecule has 0 atom stereocenters. The number of carbonyl (C=O) groups excluding carboxylic acids is 1. The van der Waals surface area contributed by atoms with Gasteiger partial charge in [-0.1, -0.05) is 6.58 Å². The summed E-state index contributed by atoms with van der Waals surface area (Å²) in [5, 5.41) is 1.10. The molecule has 0 rings (SSSR count). The molecule has 0 aliphatic carbocycles. The maximum Gasteiger partial charge on any atom is 0.469 e. The second-order valence-electron chi connectivity index (χ2n) is 2.86. The second kappa shape index (κ2) is 7.54. The summed E-state index contributed by atoms with van der Waals surface area (Å²) in [5.74, 6) is -0.363. The fourth-order valence-corrected chi connectivity index (χ4v) is 1.30. The average molecular weight is 253 g/mol. The van der Waals surface area contributed by atoms with Crippen molar-refractivity contribution in [1.29, 1.82) is 0 Å². The van der Waals surface area contributed by atoms with Crippen LogP contribution in [0.4, 0.5) is 0 Å². The van der Waals surface area contributed by atoms with Gasteiger partial charge in [-0.3, -0.25) is 14.2 Å². The predicted octanol–water partition coefficient (Wildman–Crippen LogP) is 0.452. The van der Waals surface area contributed by atoms with Crippen molar-refractivity contribution in [3.05, 3.63) is 12.7 Å². The number of carbonyl (C=O) groups is 1. The normalized spacial score (nSPS) is 11.2. The van der Waals surface area contributed by atoms with E-state index in [1.54, 1.807) is 0 Å². The highest BCUT2D eigenvalue weighted by Crippen LogP contribution is 2.35. The number of unbranched alkanes of at least 4 members (excludes halogenated alkanes) is 1. The topological polar surface area (TPSA) is 96.3 Å². The first-order chi connectivity index (χ1) is 7.40. The van der Waals surface area contributed by atoms with E-state index in [0.29, 0.717) is 19.4 Å². The van der Waals surface area contributed by atoms with Gasteiger partial charge in [0.25, 0.3) is 5.91 Å². The van der Waals surface area contributed by atoms with Gasteiger partial charge in [0.05, 0.1) is 13.7 Å². The molecule has 2 N–H and O–H groups in total. The van der Waals surface area contributed by atoms with Gasteiger partial charge in [0.15, 0.2) is 0 Å². The minimum atomic E-state index is -4.39. The molecule has 0 aromatic rings. The Morgan fingerprint density at radius 2 is 2.12 bits per heavy atom. The SMILES string of the molecule is C=CC(=O)N(CCCCOP(=O)(O)O)OC. The number of hydrogen-bond acceptors (Lipinski definition) is 4. The molecule has 16 heavy (non-hydrogen) atoms. The smallest absolute Gasteiger partial charge is 0.303 e. The van der Waals surface area contributed by atoms with E-state index in [0.717, 1.165) is 11.1 Å². The summed E-state index contributed by atoms with van der Waals surface area (Å²) in [4.78, 5) is 32.6. The Hall–Kier alpha value is -0.720. The van der Waals surface area contributed by atoms with E-state index >= 15 is 0 Å². The van der Waals surface area contributed by atoms with E-state index in [-0.39, 0.29) is 12.5 Å². The summed E-state index contributed by atoms with van der Waals surface area (Å²) in [6.45, 7) is 3.55. The van der Waals surface area contributed by atoms with Crippen LogP contribution in [0, 0.1) is 0 Å². The van der Waals surface area contributed by atoms with Crippen molar-refractivity contribution >= 4 is 13.7 Å². The zero-order chi connectivity index (χ0) is 12.6. The van der Waals surface area contributed by atoms with Crippen LogP contribution in [-0.4, -0.2) is 41.0 Å². The largest absolute Gasteiger partial charge is 0.469 e. The molecule has 0 aliphatic heterocycles. The molecule has 1 amide bonds. The third-order valence-electron chi connectivity index (χ3n) is 1.66. The van der Waals surface area contributed by atoms with E-state index in [1.165, 1.54) is 7.11 Å². The van der Waals surface area contributed by atoms with Crippen molar-refractivity contribution in [2.45, 2.75) is 12.8 Å². The van der Waals surface area contributed by atoms with Gasteiger partial charge < -0.3 is 9.79 Å². The Labute approximate surface area is 93.8 Å². The molecule has 0 saturated carbocycles. The van der Waals surface area contributed by atoms with Gasteiger partial charge in [-0.05, 0) is 18.9 Å². The van der Waals surface area contributed by atoms with Crippen molar-refractivity contribution in [2.75, 3.05) is 20.3 Å². The monoisotopic (exact) mass is 253 g/mol. The van der Waals surface area contributed by atoms with E-state index in [9.17, 15) is 9.36 Å². The second-order valence-corrected chi connectivity index (χ2v) is 4.10. The minimum Gasteiger partial charge on any atom is -0.303 e. The molecule has 94 valence electrons. The number of amides is 1. The predicted molar refractivity (Wildman–Crippen MR) is 56.1 cm³/mol. The minimum absolute atomic E-state index is 0.0654. The number of nitrogens with zero attached hydrogens (tertiary/aromatic N) is 1. The van der Waals surface area contributed by atoms with E-state index in [4.69, 9.17) is 14.6 Å². The molecule has 0 spiro atoms. The average Bonchev–Trinajstić information content (AvgIpc) is 2.21. The van der Waals surface area contributed by atoms with E-state index < -0.39 is 7.82 Å². The molecule has 0 unspecified atom stereocenters. The van der Waals surface area contributed by atoms with Gasteiger partial charge >= 0.3 is 7.82 Å². The molecular weight excluding hydrogens is 237 g/mol. The lowest BCUT2D eigenvalue weighted by atomic mass is 10.3. The first-order valence-corrected chi connectivity index (χ1v) is 6.12. The van der Waals surface area contributed by atoms with Crippen molar-refractivity contribution in [3.8, 4) is 0 Å². The van der Waals surface area contributed by atoms with Crippen LogP contribution in [0.2, 0.25) is 0 Å². The van der Waals surface area contributed by atoms with Gasteiger partial charge in [0.2, 0.25) is 0 Å². The van der Waals surface area contributed by atoms with Crippen molar-refractivity contribution in [1.82, 2.24) is 5.06 Å². The van der Waals surface area contributed by atoms with Crippen molar-refractivity contribution in [3.63, 3.8) is 0 Å². The molecule has 8 heteroatoms. The molecule has 0 fully saturated rings. The maximum absolute atomic E-state index is 11.1. The highest BCUT2D eigenvalue weighted by Gasteiger charge is 2.13. The summed E-state index contributed by atoms with van der Waals surface area (Å²) in [6.07, 6.45) is 2.04. The fraction of sp³-hybridized carbons (Fsp3) is 0.625. The number of phosphoric ester groups is 1. The quantitative estimate of drug-likeness (QED) is 0.282. The Balaban J connectivity index is 3.68. The Morgan fingerprint density at radius 3 is 2.56 bits per heavy atom. The number of rotatable bonds is 8. The highest BCUT2D eigenvalue weighted by atomic mass is 31.2. The van der Waals surface area contributed by atoms with Crippen LogP contribution in [0.5, 0.6) is 0 Å². The van der Waals surface area contributed by atoms with Gasteiger partial charge in [-0.15, -0.1) is 0 Å². The van der Waals surface area contributed by atoms with Crippen LogP contribution in [-0.2, 0) is 18.7 Å². The zero-order valence-corrected chi connectivity index (χ0v) is 9.93. The summed E-state index contributed by atoms with van der Waals surface area (Å²) in [7, 11) is -3.03. The van der Waals surface area contributed by atoms with Crippen molar-refractivity contribution in [2.24, 2.45) is 0 Å². The third-order valence-corrected chi connectivity index (χ3v) is 2.17. The van der Waals surface area contributed by atoms with E-state index in [2.05, 4.69) is 11.1 Å². The first kappa shape index (κ1) is 15.3. The molecule has 0 saturated heterocycles. The molecule has 0 heterocycles. The molecule has 0 bridgehead atoms. The summed E-state index contributed by atoms with van der Waals surface area (Å²) < 4.78 is 14.5. The number of hydrogen-bond donors (Lipinski definition) is 2. The van der Waals surface area contributed by atoms with Gasteiger partial charge in [0.1, 0.15) is 0 Å². The number of phosphoric acid groups is 1. The van der Waals surface area contributed by atoms with Crippen LogP contribution < -0.4 is 0 Å². The summed E-state index contributed by atoms with van der Waals surface area (Å²) >= 11 is 0. The van der Waals surface area contributed by atoms with Gasteiger partial charge in [0, 0.05) is 6.54 Å². The molecular formula is C8H16NO6P. The van der Waals surface area contributed by atoms with Gasteiger partial charge in [-0.25, -0.2) is 9.63 Å². The standard InChI is InChI=1S/C8H16NO6P/c1-3-8(10)9(14-2)6-4-5-7-15-16(11,12)13/h3H,1,4-7H2,2H3,(H2,11,12,13). The molecule has 7 nitrogen and oxygen atoms in total. The van der Waals surface area contributed by atoms with Crippen LogP contribution in [0.1, 0.15) is 12.8 Å². The number of hydroxylamine groups is 2. The Kier molecular flexibility index (Phi) is 7.20. The molecule has 0 aromatic heterocycles. The molecule has 0 aromatic carbocycles. The maximum atomic E-state index is 11.1. The lowest BCUT2D eigenvalue weighted by Gasteiger charge is -2.17. The molecule has 0 radical (unpaired) electrons. The van der Waals surface area contributed by atoms with Crippen LogP contribution in [0.25, 0.3) is 0 Å². The Bertz CT molecular complexity index is 276. The molecule has 0 aliphatic rings. The van der Waals surface area contributed by atoms with Crippen molar-refractivity contribution < 1.29 is 28.5 Å². The summed E-state index contributed by atoms with van der Waals surface area (Å²) in [5.41, 5.74) is 0. The highest BCUT2D eigenvalue weighted by molar-refractivity contribution is 7.46. The van der Waals surface area contributed by atoms with Crippen LogP contribution >= 0.6 is 7.82 Å². The first-order valence-electron chi connectivity index (χ1n) is 4.59. The van der Waals surface area contributed by atoms with Crippen LogP contribution in [0.15, 0.2) is 12.7 Å². The van der Waals surface area contributed by atoms with E-state index in [1.807, 2.05) is 0 Å². The lowest BCUT2D eigenvalue weighted by molar-refractivity contribution is -0.170.